The number of aromatic nitrogens is 1. The minimum Gasteiger partial charge on any atom is -0.367 e. The van der Waals surface area contributed by atoms with Crippen molar-refractivity contribution < 1.29 is 0 Å². The molecule has 0 saturated carbocycles. The smallest absolute Gasteiger partial charge is 0.0722 e. The van der Waals surface area contributed by atoms with E-state index in [1.807, 2.05) is 12.3 Å². The highest BCUT2D eigenvalue weighted by atomic mass is 15.2. The van der Waals surface area contributed by atoms with Gasteiger partial charge < -0.3 is 10.6 Å². The second-order valence-corrected chi connectivity index (χ2v) is 4.57. The Morgan fingerprint density at radius 1 is 1.29 bits per heavy atom. The third kappa shape index (κ3) is 1.76. The van der Waals surface area contributed by atoms with Crippen LogP contribution in [0.25, 0.3) is 10.9 Å². The van der Waals surface area contributed by atoms with E-state index in [0.717, 1.165) is 18.6 Å². The summed E-state index contributed by atoms with van der Waals surface area (Å²) in [4.78, 5) is 6.84. The highest BCUT2D eigenvalue weighted by Gasteiger charge is 2.24. The number of nitrogens with zero attached hydrogens (tertiary/aromatic N) is 2. The molecular formula is C14H17N3. The fraction of sp³-hybridized carbons (Fsp3) is 0.357. The molecule has 1 saturated heterocycles. The van der Waals surface area contributed by atoms with Gasteiger partial charge >= 0.3 is 0 Å². The summed E-state index contributed by atoms with van der Waals surface area (Å²) in [7, 11) is 0. The molecule has 1 fully saturated rings. The number of hydrogen-bond donors (Lipinski definition) is 1. The van der Waals surface area contributed by atoms with Crippen molar-refractivity contribution in [1.82, 2.24) is 4.98 Å². The van der Waals surface area contributed by atoms with E-state index in [2.05, 4.69) is 34.1 Å². The second kappa shape index (κ2) is 4.34. The Kier molecular flexibility index (Phi) is 2.69. The van der Waals surface area contributed by atoms with Crippen LogP contribution in [-0.2, 0) is 0 Å². The monoisotopic (exact) mass is 227 g/mol. The quantitative estimate of drug-likeness (QED) is 0.855. The predicted octanol–water partition coefficient (Wildman–Crippen LogP) is 2.16. The Morgan fingerprint density at radius 2 is 2.24 bits per heavy atom. The Labute approximate surface area is 101 Å². The first kappa shape index (κ1) is 10.5. The van der Waals surface area contributed by atoms with Crippen molar-refractivity contribution in [2.24, 2.45) is 5.73 Å². The van der Waals surface area contributed by atoms with E-state index >= 15 is 0 Å². The summed E-state index contributed by atoms with van der Waals surface area (Å²) in [6, 6.07) is 10.9. The van der Waals surface area contributed by atoms with Gasteiger partial charge in [0.15, 0.2) is 0 Å². The lowest BCUT2D eigenvalue weighted by atomic mass is 10.1. The number of pyridine rings is 1. The van der Waals surface area contributed by atoms with Crippen LogP contribution >= 0.6 is 0 Å². The van der Waals surface area contributed by atoms with Crippen molar-refractivity contribution in [3.63, 3.8) is 0 Å². The summed E-state index contributed by atoms with van der Waals surface area (Å²) in [6.45, 7) is 1.84. The topological polar surface area (TPSA) is 42.1 Å². The summed E-state index contributed by atoms with van der Waals surface area (Å²) >= 11 is 0. The van der Waals surface area contributed by atoms with Crippen LogP contribution < -0.4 is 10.6 Å². The molecule has 1 aliphatic heterocycles. The zero-order valence-electron chi connectivity index (χ0n) is 9.84. The molecule has 2 heterocycles. The average molecular weight is 227 g/mol. The molecule has 0 radical (unpaired) electrons. The molecular weight excluding hydrogens is 210 g/mol. The molecule has 0 amide bonds. The number of fused-ring (bicyclic) bond motifs is 1. The van der Waals surface area contributed by atoms with Crippen LogP contribution in [0.3, 0.4) is 0 Å². The summed E-state index contributed by atoms with van der Waals surface area (Å²) in [5.74, 6) is 0. The van der Waals surface area contributed by atoms with Gasteiger partial charge in [-0.1, -0.05) is 6.07 Å². The third-order valence-corrected chi connectivity index (χ3v) is 3.58. The molecule has 1 aromatic heterocycles. The first-order valence-corrected chi connectivity index (χ1v) is 6.20. The van der Waals surface area contributed by atoms with Crippen LogP contribution in [-0.4, -0.2) is 24.1 Å². The van der Waals surface area contributed by atoms with Gasteiger partial charge in [0.1, 0.15) is 0 Å². The molecule has 0 aliphatic carbocycles. The van der Waals surface area contributed by atoms with Crippen molar-refractivity contribution in [1.29, 1.82) is 0 Å². The summed E-state index contributed by atoms with van der Waals surface area (Å²) in [5.41, 5.74) is 8.19. The van der Waals surface area contributed by atoms with Gasteiger partial charge in [0.25, 0.3) is 0 Å². The molecule has 3 nitrogen and oxygen atoms in total. The van der Waals surface area contributed by atoms with Crippen molar-refractivity contribution in [2.75, 3.05) is 18.0 Å². The first-order valence-electron chi connectivity index (χ1n) is 6.20. The number of nitrogens with two attached hydrogens (primary N) is 1. The Morgan fingerprint density at radius 3 is 3.12 bits per heavy atom. The van der Waals surface area contributed by atoms with Crippen molar-refractivity contribution >= 4 is 16.6 Å². The molecule has 1 unspecified atom stereocenters. The van der Waals surface area contributed by atoms with E-state index in [1.54, 1.807) is 0 Å². The highest BCUT2D eigenvalue weighted by Crippen LogP contribution is 2.30. The summed E-state index contributed by atoms with van der Waals surface area (Å²) in [5, 5.41) is 1.23. The van der Waals surface area contributed by atoms with Crippen molar-refractivity contribution in [2.45, 2.75) is 18.9 Å². The summed E-state index contributed by atoms with van der Waals surface area (Å²) < 4.78 is 0. The maximum atomic E-state index is 5.85. The van der Waals surface area contributed by atoms with E-state index < -0.39 is 0 Å². The van der Waals surface area contributed by atoms with Gasteiger partial charge in [0.05, 0.1) is 5.52 Å². The van der Waals surface area contributed by atoms with E-state index in [0.29, 0.717) is 6.04 Å². The van der Waals surface area contributed by atoms with Crippen LogP contribution in [0.2, 0.25) is 0 Å². The maximum absolute atomic E-state index is 5.85. The minimum absolute atomic E-state index is 0.487. The van der Waals surface area contributed by atoms with Crippen molar-refractivity contribution in [3.8, 4) is 0 Å². The van der Waals surface area contributed by atoms with Gasteiger partial charge in [-0.25, -0.2) is 0 Å². The number of benzene rings is 1. The van der Waals surface area contributed by atoms with Crippen molar-refractivity contribution in [3.05, 3.63) is 36.5 Å². The highest BCUT2D eigenvalue weighted by molar-refractivity contribution is 5.91. The molecule has 2 aromatic rings. The fourth-order valence-electron chi connectivity index (χ4n) is 2.74. The largest absolute Gasteiger partial charge is 0.367 e. The predicted molar refractivity (Wildman–Crippen MR) is 71.2 cm³/mol. The number of hydrogen-bond acceptors (Lipinski definition) is 3. The SMILES string of the molecule is NCC1CCCN1c1cccc2ncccc12. The summed E-state index contributed by atoms with van der Waals surface area (Å²) in [6.07, 6.45) is 4.28. The zero-order valence-corrected chi connectivity index (χ0v) is 9.84. The standard InChI is InChI=1S/C14H17N3/c15-10-11-4-3-9-17(11)14-7-1-6-13-12(14)5-2-8-16-13/h1-2,5-8,11H,3-4,9-10,15H2. The van der Waals surface area contributed by atoms with Gasteiger partial charge in [-0.05, 0) is 37.1 Å². The van der Waals surface area contributed by atoms with Crippen LogP contribution in [0, 0.1) is 0 Å². The molecule has 3 heteroatoms. The molecule has 0 spiro atoms. The maximum Gasteiger partial charge on any atom is 0.0722 e. The van der Waals surface area contributed by atoms with Gasteiger partial charge in [0, 0.05) is 36.4 Å². The van der Waals surface area contributed by atoms with Crippen LogP contribution in [0.4, 0.5) is 5.69 Å². The van der Waals surface area contributed by atoms with E-state index in [9.17, 15) is 0 Å². The molecule has 17 heavy (non-hydrogen) atoms. The lowest BCUT2D eigenvalue weighted by molar-refractivity contribution is 0.678. The molecule has 1 aromatic carbocycles. The minimum atomic E-state index is 0.487. The zero-order chi connectivity index (χ0) is 11.7. The van der Waals surface area contributed by atoms with E-state index in [4.69, 9.17) is 5.73 Å². The number of anilines is 1. The van der Waals surface area contributed by atoms with E-state index in [1.165, 1.54) is 23.9 Å². The lowest BCUT2D eigenvalue weighted by Gasteiger charge is -2.26. The normalized spacial score (nSPS) is 20.1. The molecule has 1 atom stereocenters. The fourth-order valence-corrected chi connectivity index (χ4v) is 2.74. The average Bonchev–Trinajstić information content (AvgIpc) is 2.86. The Bertz CT molecular complexity index is 518. The van der Waals surface area contributed by atoms with Gasteiger partial charge in [-0.2, -0.15) is 0 Å². The molecule has 88 valence electrons. The second-order valence-electron chi connectivity index (χ2n) is 4.57. The van der Waals surface area contributed by atoms with Crippen LogP contribution in [0.1, 0.15) is 12.8 Å². The lowest BCUT2D eigenvalue weighted by Crippen LogP contribution is -2.35. The molecule has 1 aliphatic rings. The first-order chi connectivity index (χ1) is 8.40. The third-order valence-electron chi connectivity index (χ3n) is 3.58. The molecule has 0 bridgehead atoms. The van der Waals surface area contributed by atoms with Crippen LogP contribution in [0.5, 0.6) is 0 Å². The van der Waals surface area contributed by atoms with Gasteiger partial charge in [-0.15, -0.1) is 0 Å². The molecule has 2 N–H and O–H groups in total. The number of rotatable bonds is 2. The van der Waals surface area contributed by atoms with E-state index in [-0.39, 0.29) is 0 Å². The van der Waals surface area contributed by atoms with Gasteiger partial charge in [-0.3, -0.25) is 4.98 Å². The molecule has 3 rings (SSSR count). The van der Waals surface area contributed by atoms with Gasteiger partial charge in [0.2, 0.25) is 0 Å². The Balaban J connectivity index is 2.10. The van der Waals surface area contributed by atoms with Crippen LogP contribution in [0.15, 0.2) is 36.5 Å². The Hall–Kier alpha value is -1.61.